The molecule has 1 heterocycles. The molecule has 2 N–H and O–H groups in total. The molecule has 15 heavy (non-hydrogen) atoms. The molecule has 0 saturated heterocycles. The first-order valence-corrected chi connectivity index (χ1v) is 5.31. The van der Waals surface area contributed by atoms with Crippen molar-refractivity contribution in [3.05, 3.63) is 17.3 Å². The van der Waals surface area contributed by atoms with Gasteiger partial charge >= 0.3 is 0 Å². The Morgan fingerprint density at radius 3 is 2.73 bits per heavy atom. The summed E-state index contributed by atoms with van der Waals surface area (Å²) in [6.45, 7) is 3.50. The number of aromatic nitrogens is 1. The third-order valence-corrected chi connectivity index (χ3v) is 2.75. The summed E-state index contributed by atoms with van der Waals surface area (Å²) in [6, 6.07) is -0.427. The number of hydrogen-bond donors (Lipinski definition) is 1. The monoisotopic (exact) mass is 208 g/mol. The SMILES string of the molecule is Cc1nc(C)c(C(=O)C(N)CC2CC2)o1. The normalized spacial score (nSPS) is 17.8. The number of nitrogens with zero attached hydrogens (tertiary/aromatic N) is 1. The van der Waals surface area contributed by atoms with Gasteiger partial charge in [-0.25, -0.2) is 4.98 Å². The molecule has 0 bridgehead atoms. The molecule has 0 radical (unpaired) electrons. The fourth-order valence-corrected chi connectivity index (χ4v) is 1.75. The van der Waals surface area contributed by atoms with Crippen molar-refractivity contribution >= 4 is 5.78 Å². The molecule has 1 saturated carbocycles. The molecule has 0 aromatic carbocycles. The highest BCUT2D eigenvalue weighted by Crippen LogP contribution is 2.33. The van der Waals surface area contributed by atoms with Crippen molar-refractivity contribution in [1.82, 2.24) is 4.98 Å². The number of nitrogens with two attached hydrogens (primary N) is 1. The minimum absolute atomic E-state index is 0.111. The number of Topliss-reactive ketones (excluding diaryl/α,β-unsaturated/α-hetero) is 1. The van der Waals surface area contributed by atoms with Crippen LogP contribution in [0.5, 0.6) is 0 Å². The van der Waals surface area contributed by atoms with Gasteiger partial charge in [-0.1, -0.05) is 12.8 Å². The maximum atomic E-state index is 11.9. The molecule has 0 aliphatic heterocycles. The molecule has 1 atom stereocenters. The molecular formula is C11H16N2O2. The minimum Gasteiger partial charge on any atom is -0.438 e. The van der Waals surface area contributed by atoms with Gasteiger partial charge in [0.25, 0.3) is 0 Å². The Morgan fingerprint density at radius 2 is 2.27 bits per heavy atom. The van der Waals surface area contributed by atoms with Crippen molar-refractivity contribution < 1.29 is 9.21 Å². The van der Waals surface area contributed by atoms with E-state index < -0.39 is 6.04 Å². The molecule has 2 rings (SSSR count). The summed E-state index contributed by atoms with van der Waals surface area (Å²) >= 11 is 0. The number of hydrogen-bond acceptors (Lipinski definition) is 4. The first kappa shape index (κ1) is 10.4. The van der Waals surface area contributed by atoms with Gasteiger partial charge in [0.05, 0.1) is 11.7 Å². The molecule has 1 aromatic heterocycles. The van der Waals surface area contributed by atoms with Gasteiger partial charge in [-0.2, -0.15) is 0 Å². The Labute approximate surface area is 88.9 Å². The smallest absolute Gasteiger partial charge is 0.216 e. The van der Waals surface area contributed by atoms with Crippen molar-refractivity contribution in [2.45, 2.75) is 39.2 Å². The van der Waals surface area contributed by atoms with Crippen LogP contribution < -0.4 is 5.73 Å². The van der Waals surface area contributed by atoms with Gasteiger partial charge in [-0.3, -0.25) is 4.79 Å². The Kier molecular flexibility index (Phi) is 2.61. The lowest BCUT2D eigenvalue weighted by atomic mass is 10.0. The number of aryl methyl sites for hydroxylation is 2. The van der Waals surface area contributed by atoms with E-state index in [0.29, 0.717) is 23.3 Å². The minimum atomic E-state index is -0.427. The standard InChI is InChI=1S/C11H16N2O2/c1-6-11(15-7(2)13-6)10(14)9(12)5-8-3-4-8/h8-9H,3-5,12H2,1-2H3. The van der Waals surface area contributed by atoms with E-state index in [1.165, 1.54) is 12.8 Å². The molecule has 1 aliphatic carbocycles. The molecule has 1 aliphatic rings. The third-order valence-electron chi connectivity index (χ3n) is 2.75. The highest BCUT2D eigenvalue weighted by molar-refractivity contribution is 5.98. The maximum absolute atomic E-state index is 11.9. The predicted octanol–water partition coefficient (Wildman–Crippen LogP) is 1.60. The van der Waals surface area contributed by atoms with Gasteiger partial charge < -0.3 is 10.2 Å². The summed E-state index contributed by atoms with van der Waals surface area (Å²) in [5.74, 6) is 1.39. The van der Waals surface area contributed by atoms with Crippen LogP contribution in [0.15, 0.2) is 4.42 Å². The number of ketones is 1. The molecule has 1 aromatic rings. The van der Waals surface area contributed by atoms with E-state index in [0.717, 1.165) is 6.42 Å². The average Bonchev–Trinajstić information content (AvgIpc) is 2.90. The van der Waals surface area contributed by atoms with E-state index in [4.69, 9.17) is 10.2 Å². The van der Waals surface area contributed by atoms with Crippen molar-refractivity contribution in [1.29, 1.82) is 0 Å². The van der Waals surface area contributed by atoms with Crippen molar-refractivity contribution in [2.24, 2.45) is 11.7 Å². The molecule has 4 heteroatoms. The van der Waals surface area contributed by atoms with E-state index in [1.807, 2.05) is 0 Å². The van der Waals surface area contributed by atoms with Gasteiger partial charge in [0.15, 0.2) is 11.7 Å². The second-order valence-electron chi connectivity index (χ2n) is 4.30. The molecule has 0 amide bonds. The topological polar surface area (TPSA) is 69.1 Å². The number of carbonyl (C=O) groups excluding carboxylic acids is 1. The van der Waals surface area contributed by atoms with Gasteiger partial charge in [0.2, 0.25) is 5.78 Å². The van der Waals surface area contributed by atoms with E-state index in [9.17, 15) is 4.79 Å². The summed E-state index contributed by atoms with van der Waals surface area (Å²) in [5, 5.41) is 0. The second kappa shape index (κ2) is 3.77. The van der Waals surface area contributed by atoms with Crippen molar-refractivity contribution in [2.75, 3.05) is 0 Å². The fourth-order valence-electron chi connectivity index (χ4n) is 1.75. The van der Waals surface area contributed by atoms with Gasteiger partial charge in [-0.15, -0.1) is 0 Å². The zero-order chi connectivity index (χ0) is 11.0. The van der Waals surface area contributed by atoms with E-state index in [-0.39, 0.29) is 5.78 Å². The summed E-state index contributed by atoms with van der Waals surface area (Å²) in [4.78, 5) is 15.9. The van der Waals surface area contributed by atoms with E-state index in [1.54, 1.807) is 13.8 Å². The Hall–Kier alpha value is -1.16. The Balaban J connectivity index is 2.08. The molecule has 4 nitrogen and oxygen atoms in total. The lowest BCUT2D eigenvalue weighted by molar-refractivity contribution is 0.0925. The quantitative estimate of drug-likeness (QED) is 0.763. The number of rotatable bonds is 4. The predicted molar refractivity (Wildman–Crippen MR) is 55.6 cm³/mol. The van der Waals surface area contributed by atoms with Crippen molar-refractivity contribution in [3.63, 3.8) is 0 Å². The van der Waals surface area contributed by atoms with Crippen LogP contribution in [0.1, 0.15) is 41.4 Å². The van der Waals surface area contributed by atoms with Crippen LogP contribution in [0.25, 0.3) is 0 Å². The molecule has 0 spiro atoms. The number of carbonyl (C=O) groups is 1. The lowest BCUT2D eigenvalue weighted by Crippen LogP contribution is -2.31. The fraction of sp³-hybridized carbons (Fsp3) is 0.636. The maximum Gasteiger partial charge on any atom is 0.216 e. The van der Waals surface area contributed by atoms with Crippen LogP contribution >= 0.6 is 0 Å². The first-order valence-electron chi connectivity index (χ1n) is 5.31. The molecule has 1 fully saturated rings. The summed E-state index contributed by atoms with van der Waals surface area (Å²) in [5.41, 5.74) is 6.47. The second-order valence-corrected chi connectivity index (χ2v) is 4.30. The zero-order valence-corrected chi connectivity index (χ0v) is 9.12. The van der Waals surface area contributed by atoms with Gasteiger partial charge in [0, 0.05) is 6.92 Å². The van der Waals surface area contributed by atoms with E-state index >= 15 is 0 Å². The summed E-state index contributed by atoms with van der Waals surface area (Å²) in [6.07, 6.45) is 3.18. The van der Waals surface area contributed by atoms with Crippen molar-refractivity contribution in [3.8, 4) is 0 Å². The number of oxazole rings is 1. The van der Waals surface area contributed by atoms with Gasteiger partial charge in [-0.05, 0) is 19.3 Å². The zero-order valence-electron chi connectivity index (χ0n) is 9.12. The highest BCUT2D eigenvalue weighted by atomic mass is 16.4. The van der Waals surface area contributed by atoms with Crippen LogP contribution in [-0.4, -0.2) is 16.8 Å². The van der Waals surface area contributed by atoms with Crippen LogP contribution in [0.3, 0.4) is 0 Å². The Morgan fingerprint density at radius 1 is 1.60 bits per heavy atom. The highest BCUT2D eigenvalue weighted by Gasteiger charge is 2.29. The van der Waals surface area contributed by atoms with Gasteiger partial charge in [0.1, 0.15) is 0 Å². The van der Waals surface area contributed by atoms with Crippen LogP contribution in [0, 0.1) is 19.8 Å². The van der Waals surface area contributed by atoms with Crippen LogP contribution in [-0.2, 0) is 0 Å². The third kappa shape index (κ3) is 2.26. The molecule has 82 valence electrons. The summed E-state index contributed by atoms with van der Waals surface area (Å²) < 4.78 is 5.26. The molecule has 1 unspecified atom stereocenters. The van der Waals surface area contributed by atoms with E-state index in [2.05, 4.69) is 4.98 Å². The first-order chi connectivity index (χ1) is 7.08. The Bertz CT molecular complexity index is 380. The largest absolute Gasteiger partial charge is 0.438 e. The average molecular weight is 208 g/mol. The van der Waals surface area contributed by atoms with Crippen LogP contribution in [0.4, 0.5) is 0 Å². The lowest BCUT2D eigenvalue weighted by Gasteiger charge is -2.07. The van der Waals surface area contributed by atoms with Crippen LogP contribution in [0.2, 0.25) is 0 Å². The summed E-state index contributed by atoms with van der Waals surface area (Å²) in [7, 11) is 0. The molecular weight excluding hydrogens is 192 g/mol.